The summed E-state index contributed by atoms with van der Waals surface area (Å²) in [7, 11) is 0. The number of rotatable bonds is 7. The van der Waals surface area contributed by atoms with Gasteiger partial charge in [0, 0.05) is 17.2 Å². The van der Waals surface area contributed by atoms with Crippen LogP contribution in [0, 0.1) is 6.92 Å². The molecule has 4 nitrogen and oxygen atoms in total. The standard InChI is InChI=1S/C15H19N3OS/c1-3-19-15-12(2)14(17-11-18-15)16-9-10-20-13-7-5-4-6-8-13/h4-8,11H,3,9-10H2,1-2H3,(H,16,17,18). The van der Waals surface area contributed by atoms with Gasteiger partial charge in [-0.3, -0.25) is 0 Å². The molecule has 0 radical (unpaired) electrons. The molecule has 0 unspecified atom stereocenters. The van der Waals surface area contributed by atoms with Gasteiger partial charge < -0.3 is 10.1 Å². The number of ether oxygens (including phenoxy) is 1. The van der Waals surface area contributed by atoms with Gasteiger partial charge in [-0.2, -0.15) is 0 Å². The molecule has 0 aliphatic carbocycles. The van der Waals surface area contributed by atoms with E-state index >= 15 is 0 Å². The fourth-order valence-electron chi connectivity index (χ4n) is 1.75. The lowest BCUT2D eigenvalue weighted by atomic mass is 10.3. The van der Waals surface area contributed by atoms with E-state index in [0.29, 0.717) is 12.5 Å². The maximum atomic E-state index is 5.46. The van der Waals surface area contributed by atoms with Crippen LogP contribution in [0.2, 0.25) is 0 Å². The molecule has 20 heavy (non-hydrogen) atoms. The van der Waals surface area contributed by atoms with Crippen LogP contribution in [0.25, 0.3) is 0 Å². The molecule has 0 fully saturated rings. The molecule has 2 aromatic rings. The number of benzene rings is 1. The second-order valence-electron chi connectivity index (χ2n) is 4.17. The first-order valence-electron chi connectivity index (χ1n) is 6.67. The highest BCUT2D eigenvalue weighted by molar-refractivity contribution is 7.99. The third-order valence-corrected chi connectivity index (χ3v) is 3.74. The third kappa shape index (κ3) is 4.13. The SMILES string of the molecule is CCOc1ncnc(NCCSc2ccccc2)c1C. The van der Waals surface area contributed by atoms with E-state index in [1.165, 1.54) is 11.2 Å². The maximum absolute atomic E-state index is 5.46. The lowest BCUT2D eigenvalue weighted by Gasteiger charge is -2.11. The summed E-state index contributed by atoms with van der Waals surface area (Å²) in [6.45, 7) is 5.38. The van der Waals surface area contributed by atoms with E-state index in [4.69, 9.17) is 4.74 Å². The van der Waals surface area contributed by atoms with E-state index in [-0.39, 0.29) is 0 Å². The van der Waals surface area contributed by atoms with Gasteiger partial charge >= 0.3 is 0 Å². The predicted molar refractivity (Wildman–Crippen MR) is 83.6 cm³/mol. The molecule has 0 bridgehead atoms. The number of thioether (sulfide) groups is 1. The van der Waals surface area contributed by atoms with Crippen molar-refractivity contribution in [2.75, 3.05) is 24.2 Å². The normalized spacial score (nSPS) is 10.3. The summed E-state index contributed by atoms with van der Waals surface area (Å²) in [6, 6.07) is 10.4. The van der Waals surface area contributed by atoms with Crippen molar-refractivity contribution in [3.8, 4) is 5.88 Å². The van der Waals surface area contributed by atoms with Crippen molar-refractivity contribution < 1.29 is 4.74 Å². The van der Waals surface area contributed by atoms with Gasteiger partial charge in [-0.1, -0.05) is 18.2 Å². The van der Waals surface area contributed by atoms with Crippen LogP contribution in [0.3, 0.4) is 0 Å². The first-order valence-corrected chi connectivity index (χ1v) is 7.66. The summed E-state index contributed by atoms with van der Waals surface area (Å²) in [6.07, 6.45) is 1.53. The monoisotopic (exact) mass is 289 g/mol. The van der Waals surface area contributed by atoms with Crippen LogP contribution in [0.4, 0.5) is 5.82 Å². The van der Waals surface area contributed by atoms with Gasteiger partial charge in [0.05, 0.1) is 12.2 Å². The first-order chi connectivity index (χ1) is 9.81. The Morgan fingerprint density at radius 1 is 1.20 bits per heavy atom. The Kier molecular flexibility index (Phi) is 5.68. The van der Waals surface area contributed by atoms with Crippen molar-refractivity contribution in [3.63, 3.8) is 0 Å². The zero-order valence-corrected chi connectivity index (χ0v) is 12.6. The molecular weight excluding hydrogens is 270 g/mol. The third-order valence-electron chi connectivity index (χ3n) is 2.73. The van der Waals surface area contributed by atoms with Crippen molar-refractivity contribution in [2.45, 2.75) is 18.7 Å². The maximum Gasteiger partial charge on any atom is 0.221 e. The number of hydrogen-bond donors (Lipinski definition) is 1. The molecule has 1 aromatic carbocycles. The molecule has 1 aromatic heterocycles. The van der Waals surface area contributed by atoms with Crippen molar-refractivity contribution >= 4 is 17.6 Å². The van der Waals surface area contributed by atoms with Crippen molar-refractivity contribution in [3.05, 3.63) is 42.2 Å². The average Bonchev–Trinajstić information content (AvgIpc) is 2.48. The van der Waals surface area contributed by atoms with E-state index in [1.807, 2.05) is 31.7 Å². The summed E-state index contributed by atoms with van der Waals surface area (Å²) in [4.78, 5) is 9.66. The van der Waals surface area contributed by atoms with Gasteiger partial charge in [0.25, 0.3) is 0 Å². The molecule has 1 N–H and O–H groups in total. The van der Waals surface area contributed by atoms with Crippen LogP contribution < -0.4 is 10.1 Å². The van der Waals surface area contributed by atoms with Crippen LogP contribution in [0.5, 0.6) is 5.88 Å². The largest absolute Gasteiger partial charge is 0.478 e. The van der Waals surface area contributed by atoms with Gasteiger partial charge in [0.15, 0.2) is 0 Å². The zero-order chi connectivity index (χ0) is 14.2. The Balaban J connectivity index is 1.83. The van der Waals surface area contributed by atoms with Crippen molar-refractivity contribution in [1.82, 2.24) is 9.97 Å². The summed E-state index contributed by atoms with van der Waals surface area (Å²) in [5, 5.41) is 3.33. The van der Waals surface area contributed by atoms with Crippen LogP contribution in [0.15, 0.2) is 41.6 Å². The van der Waals surface area contributed by atoms with Crippen LogP contribution in [0.1, 0.15) is 12.5 Å². The van der Waals surface area contributed by atoms with Crippen molar-refractivity contribution in [2.24, 2.45) is 0 Å². The molecule has 0 amide bonds. The Morgan fingerprint density at radius 3 is 2.75 bits per heavy atom. The summed E-state index contributed by atoms with van der Waals surface area (Å²) in [5.74, 6) is 2.48. The molecule has 0 spiro atoms. The van der Waals surface area contributed by atoms with E-state index < -0.39 is 0 Å². The highest BCUT2D eigenvalue weighted by Crippen LogP contribution is 2.21. The fraction of sp³-hybridized carbons (Fsp3) is 0.333. The van der Waals surface area contributed by atoms with Gasteiger partial charge in [-0.15, -0.1) is 11.8 Å². The number of nitrogens with zero attached hydrogens (tertiary/aromatic N) is 2. The van der Waals surface area contributed by atoms with Gasteiger partial charge in [-0.05, 0) is 26.0 Å². The summed E-state index contributed by atoms with van der Waals surface area (Å²) < 4.78 is 5.46. The molecule has 0 atom stereocenters. The van der Waals surface area contributed by atoms with Crippen molar-refractivity contribution in [1.29, 1.82) is 0 Å². The number of nitrogens with one attached hydrogen (secondary N) is 1. The summed E-state index contributed by atoms with van der Waals surface area (Å²) >= 11 is 1.82. The van der Waals surface area contributed by atoms with Crippen LogP contribution >= 0.6 is 11.8 Å². The second-order valence-corrected chi connectivity index (χ2v) is 5.34. The quantitative estimate of drug-likeness (QED) is 0.625. The van der Waals surface area contributed by atoms with E-state index in [9.17, 15) is 0 Å². The van der Waals surface area contributed by atoms with E-state index in [2.05, 4.69) is 39.6 Å². The summed E-state index contributed by atoms with van der Waals surface area (Å²) in [5.41, 5.74) is 0.957. The number of hydrogen-bond acceptors (Lipinski definition) is 5. The van der Waals surface area contributed by atoms with E-state index in [1.54, 1.807) is 0 Å². The lowest BCUT2D eigenvalue weighted by Crippen LogP contribution is -2.09. The lowest BCUT2D eigenvalue weighted by molar-refractivity contribution is 0.324. The van der Waals surface area contributed by atoms with Gasteiger partial charge in [0.1, 0.15) is 12.1 Å². The fourth-order valence-corrected chi connectivity index (χ4v) is 2.54. The molecule has 0 saturated heterocycles. The minimum absolute atomic E-state index is 0.612. The topological polar surface area (TPSA) is 47.0 Å². The Morgan fingerprint density at radius 2 is 2.00 bits per heavy atom. The van der Waals surface area contributed by atoms with Crippen LogP contribution in [-0.2, 0) is 0 Å². The average molecular weight is 289 g/mol. The Labute approximate surface area is 124 Å². The predicted octanol–water partition coefficient (Wildman–Crippen LogP) is 3.39. The highest BCUT2D eigenvalue weighted by atomic mass is 32.2. The number of aromatic nitrogens is 2. The van der Waals surface area contributed by atoms with Gasteiger partial charge in [-0.25, -0.2) is 9.97 Å². The molecule has 2 rings (SSSR count). The van der Waals surface area contributed by atoms with Gasteiger partial charge in [0.2, 0.25) is 5.88 Å². The molecule has 0 saturated carbocycles. The second kappa shape index (κ2) is 7.75. The Hall–Kier alpha value is -1.75. The smallest absolute Gasteiger partial charge is 0.221 e. The molecular formula is C15H19N3OS. The molecule has 0 aliphatic rings. The molecule has 0 aliphatic heterocycles. The number of anilines is 1. The van der Waals surface area contributed by atoms with E-state index in [0.717, 1.165) is 23.7 Å². The minimum Gasteiger partial charge on any atom is -0.478 e. The van der Waals surface area contributed by atoms with Crippen LogP contribution in [-0.4, -0.2) is 28.9 Å². The minimum atomic E-state index is 0.612. The molecule has 1 heterocycles. The highest BCUT2D eigenvalue weighted by Gasteiger charge is 2.06. The molecule has 106 valence electrons. The molecule has 5 heteroatoms. The Bertz CT molecular complexity index is 534. The zero-order valence-electron chi connectivity index (χ0n) is 11.8. The first kappa shape index (κ1) is 14.7.